The van der Waals surface area contributed by atoms with Crippen molar-refractivity contribution in [2.45, 2.75) is 39.5 Å². The Hall–Kier alpha value is -0.0800. The highest BCUT2D eigenvalue weighted by Gasteiger charge is 2.13. The molecule has 0 radical (unpaired) electrons. The molecule has 14 heavy (non-hydrogen) atoms. The summed E-state index contributed by atoms with van der Waals surface area (Å²) in [6, 6.07) is 0. The lowest BCUT2D eigenvalue weighted by Crippen LogP contribution is -2.31. The van der Waals surface area contributed by atoms with E-state index in [-0.39, 0.29) is 0 Å². The molecule has 2 N–H and O–H groups in total. The molecule has 1 aliphatic carbocycles. The third-order valence-electron chi connectivity index (χ3n) is 2.94. The van der Waals surface area contributed by atoms with Crippen molar-refractivity contribution in [3.63, 3.8) is 0 Å². The highest BCUT2D eigenvalue weighted by molar-refractivity contribution is 4.69. The second kappa shape index (κ2) is 7.24. The average Bonchev–Trinajstić information content (AvgIpc) is 2.63. The summed E-state index contributed by atoms with van der Waals surface area (Å²) in [5.41, 5.74) is 0. The second-order valence-corrected chi connectivity index (χ2v) is 4.95. The Morgan fingerprint density at radius 3 is 2.36 bits per heavy atom. The van der Waals surface area contributed by atoms with Gasteiger partial charge in [0.2, 0.25) is 0 Å². The van der Waals surface area contributed by atoms with Crippen molar-refractivity contribution in [2.24, 2.45) is 11.8 Å². The summed E-state index contributed by atoms with van der Waals surface area (Å²) in [5, 5.41) is 6.99. The fraction of sp³-hybridized carbons (Fsp3) is 1.00. The number of hydrogen-bond acceptors (Lipinski definition) is 2. The summed E-state index contributed by atoms with van der Waals surface area (Å²) >= 11 is 0. The molecule has 1 fully saturated rings. The van der Waals surface area contributed by atoms with Crippen LogP contribution in [-0.2, 0) is 0 Å². The van der Waals surface area contributed by atoms with Crippen LogP contribution < -0.4 is 10.6 Å². The van der Waals surface area contributed by atoms with Gasteiger partial charge < -0.3 is 10.6 Å². The van der Waals surface area contributed by atoms with Gasteiger partial charge in [0, 0.05) is 13.1 Å². The lowest BCUT2D eigenvalue weighted by atomic mass is 10.1. The molecular weight excluding hydrogens is 172 g/mol. The van der Waals surface area contributed by atoms with Crippen LogP contribution in [0, 0.1) is 11.8 Å². The van der Waals surface area contributed by atoms with Gasteiger partial charge in [0.25, 0.3) is 0 Å². The van der Waals surface area contributed by atoms with E-state index in [1.54, 1.807) is 0 Å². The highest BCUT2D eigenvalue weighted by Crippen LogP contribution is 2.23. The Morgan fingerprint density at radius 2 is 1.71 bits per heavy atom. The summed E-state index contributed by atoms with van der Waals surface area (Å²) in [4.78, 5) is 0. The van der Waals surface area contributed by atoms with Crippen LogP contribution in [0.3, 0.4) is 0 Å². The predicted octanol–water partition coefficient (Wildman–Crippen LogP) is 2.01. The zero-order chi connectivity index (χ0) is 10.2. The van der Waals surface area contributed by atoms with Crippen molar-refractivity contribution < 1.29 is 0 Å². The van der Waals surface area contributed by atoms with Crippen molar-refractivity contribution >= 4 is 0 Å². The Labute approximate surface area is 88.8 Å². The Kier molecular flexibility index (Phi) is 6.20. The number of rotatable bonds is 7. The van der Waals surface area contributed by atoms with E-state index in [1.807, 2.05) is 0 Å². The minimum atomic E-state index is 0.768. The van der Waals surface area contributed by atoms with E-state index in [9.17, 15) is 0 Å². The van der Waals surface area contributed by atoms with Crippen LogP contribution in [0.5, 0.6) is 0 Å². The fourth-order valence-corrected chi connectivity index (χ4v) is 2.09. The first-order valence-corrected chi connectivity index (χ1v) is 6.20. The molecule has 2 nitrogen and oxygen atoms in total. The van der Waals surface area contributed by atoms with Gasteiger partial charge in [-0.15, -0.1) is 0 Å². The molecular formula is C12H26N2. The van der Waals surface area contributed by atoms with E-state index in [4.69, 9.17) is 0 Å². The molecule has 1 aliphatic rings. The second-order valence-electron chi connectivity index (χ2n) is 4.95. The van der Waals surface area contributed by atoms with Gasteiger partial charge in [0.15, 0.2) is 0 Å². The third kappa shape index (κ3) is 5.61. The van der Waals surface area contributed by atoms with Crippen LogP contribution in [0.1, 0.15) is 39.5 Å². The molecule has 1 saturated carbocycles. The van der Waals surface area contributed by atoms with E-state index in [1.165, 1.54) is 32.2 Å². The zero-order valence-electron chi connectivity index (χ0n) is 9.81. The van der Waals surface area contributed by atoms with Crippen LogP contribution in [0.4, 0.5) is 0 Å². The summed E-state index contributed by atoms with van der Waals surface area (Å²) in [6.07, 6.45) is 5.81. The van der Waals surface area contributed by atoms with Crippen molar-refractivity contribution in [3.8, 4) is 0 Å². The topological polar surface area (TPSA) is 24.1 Å². The van der Waals surface area contributed by atoms with E-state index in [2.05, 4.69) is 24.5 Å². The monoisotopic (exact) mass is 198 g/mol. The first-order chi connectivity index (χ1) is 6.79. The molecule has 0 aromatic carbocycles. The summed E-state index contributed by atoms with van der Waals surface area (Å²) < 4.78 is 0. The van der Waals surface area contributed by atoms with Crippen molar-refractivity contribution in [2.75, 3.05) is 26.2 Å². The molecule has 0 bridgehead atoms. The van der Waals surface area contributed by atoms with Crippen LogP contribution in [0.25, 0.3) is 0 Å². The lowest BCUT2D eigenvalue weighted by Gasteiger charge is -2.11. The van der Waals surface area contributed by atoms with Crippen molar-refractivity contribution in [1.82, 2.24) is 10.6 Å². The van der Waals surface area contributed by atoms with Crippen LogP contribution in [0.2, 0.25) is 0 Å². The first-order valence-electron chi connectivity index (χ1n) is 6.20. The van der Waals surface area contributed by atoms with Gasteiger partial charge in [-0.1, -0.05) is 26.7 Å². The van der Waals surface area contributed by atoms with E-state index in [0.29, 0.717) is 0 Å². The Balaban J connectivity index is 1.79. The van der Waals surface area contributed by atoms with Gasteiger partial charge in [0.05, 0.1) is 0 Å². The van der Waals surface area contributed by atoms with Crippen LogP contribution in [0.15, 0.2) is 0 Å². The fourth-order valence-electron chi connectivity index (χ4n) is 2.09. The standard InChI is InChI=1S/C12H26N2/c1-11(2)9-13-7-8-14-10-12-5-3-4-6-12/h11-14H,3-10H2,1-2H3. The van der Waals surface area contributed by atoms with Gasteiger partial charge >= 0.3 is 0 Å². The van der Waals surface area contributed by atoms with Gasteiger partial charge in [-0.25, -0.2) is 0 Å². The molecule has 0 aliphatic heterocycles. The molecule has 0 heterocycles. The van der Waals surface area contributed by atoms with Gasteiger partial charge in [0.1, 0.15) is 0 Å². The molecule has 2 heteroatoms. The quantitative estimate of drug-likeness (QED) is 0.612. The molecule has 0 atom stereocenters. The molecule has 0 spiro atoms. The minimum absolute atomic E-state index is 0.768. The highest BCUT2D eigenvalue weighted by atomic mass is 14.9. The SMILES string of the molecule is CC(C)CNCCNCC1CCCC1. The molecule has 0 unspecified atom stereocenters. The van der Waals surface area contributed by atoms with Crippen LogP contribution >= 0.6 is 0 Å². The molecule has 0 amide bonds. The van der Waals surface area contributed by atoms with Gasteiger partial charge in [-0.05, 0) is 37.8 Å². The molecule has 84 valence electrons. The van der Waals surface area contributed by atoms with Crippen molar-refractivity contribution in [1.29, 1.82) is 0 Å². The zero-order valence-corrected chi connectivity index (χ0v) is 9.81. The number of hydrogen-bond donors (Lipinski definition) is 2. The largest absolute Gasteiger partial charge is 0.315 e. The van der Waals surface area contributed by atoms with E-state index < -0.39 is 0 Å². The summed E-state index contributed by atoms with van der Waals surface area (Å²) in [5.74, 6) is 1.74. The van der Waals surface area contributed by atoms with Gasteiger partial charge in [-0.3, -0.25) is 0 Å². The smallest absolute Gasteiger partial charge is 0.00768 e. The van der Waals surface area contributed by atoms with Crippen LogP contribution in [-0.4, -0.2) is 26.2 Å². The summed E-state index contributed by atoms with van der Waals surface area (Å²) in [7, 11) is 0. The first kappa shape index (κ1) is 12.0. The van der Waals surface area contributed by atoms with E-state index in [0.717, 1.165) is 31.5 Å². The predicted molar refractivity (Wildman–Crippen MR) is 62.5 cm³/mol. The normalized spacial score (nSPS) is 18.2. The molecule has 1 rings (SSSR count). The maximum Gasteiger partial charge on any atom is 0.00768 e. The number of nitrogens with one attached hydrogen (secondary N) is 2. The lowest BCUT2D eigenvalue weighted by molar-refractivity contribution is 0.474. The van der Waals surface area contributed by atoms with Crippen molar-refractivity contribution in [3.05, 3.63) is 0 Å². The molecule has 0 aromatic rings. The Morgan fingerprint density at radius 1 is 1.07 bits per heavy atom. The minimum Gasteiger partial charge on any atom is -0.315 e. The third-order valence-corrected chi connectivity index (χ3v) is 2.94. The summed E-state index contributed by atoms with van der Waals surface area (Å²) in [6.45, 7) is 9.13. The Bertz CT molecular complexity index is 128. The van der Waals surface area contributed by atoms with Gasteiger partial charge in [-0.2, -0.15) is 0 Å². The maximum atomic E-state index is 3.54. The average molecular weight is 198 g/mol. The maximum absolute atomic E-state index is 3.54. The molecule has 0 aromatic heterocycles. The van der Waals surface area contributed by atoms with E-state index >= 15 is 0 Å². The molecule has 0 saturated heterocycles.